The summed E-state index contributed by atoms with van der Waals surface area (Å²) in [7, 11) is 0. The van der Waals surface area contributed by atoms with Crippen molar-refractivity contribution in [2.75, 3.05) is 26.2 Å². The largest absolute Gasteiger partial charge is 0.416 e. The Kier molecular flexibility index (Phi) is 4.86. The molecule has 0 unspecified atom stereocenters. The molecule has 200 valence electrons. The van der Waals surface area contributed by atoms with Crippen LogP contribution in [0.5, 0.6) is 0 Å². The summed E-state index contributed by atoms with van der Waals surface area (Å²) in [6.45, 7) is 3.00. The summed E-state index contributed by atoms with van der Waals surface area (Å²) in [5.74, 6) is 2.06. The van der Waals surface area contributed by atoms with E-state index in [1.54, 1.807) is 0 Å². The Balaban J connectivity index is 0.860. The Morgan fingerprint density at radius 3 is 2.29 bits per heavy atom. The first-order chi connectivity index (χ1) is 18.0. The van der Waals surface area contributed by atoms with E-state index in [-0.39, 0.29) is 22.4 Å². The molecule has 8 nitrogen and oxygen atoms in total. The number of carbonyl (C=O) groups is 1. The normalized spacial score (nSPS) is 24.8. The van der Waals surface area contributed by atoms with Gasteiger partial charge in [0.25, 0.3) is 0 Å². The van der Waals surface area contributed by atoms with Gasteiger partial charge in [0.15, 0.2) is 5.82 Å². The van der Waals surface area contributed by atoms with E-state index in [0.29, 0.717) is 29.6 Å². The van der Waals surface area contributed by atoms with Crippen molar-refractivity contribution in [3.63, 3.8) is 0 Å². The maximum atomic E-state index is 13.0. The molecule has 2 saturated heterocycles. The van der Waals surface area contributed by atoms with Crippen molar-refractivity contribution < 1.29 is 23.1 Å². The number of nitriles is 1. The molecule has 3 aliphatic carbocycles. The number of urea groups is 1. The van der Waals surface area contributed by atoms with Gasteiger partial charge in [0.1, 0.15) is 11.4 Å². The van der Waals surface area contributed by atoms with Gasteiger partial charge in [-0.15, -0.1) is 10.2 Å². The number of alkyl halides is 3. The summed E-state index contributed by atoms with van der Waals surface area (Å²) in [6, 6.07) is 5.45. The third-order valence-electron chi connectivity index (χ3n) is 9.57. The standard InChI is InChI=1S/C27H29F3N6O2/c28-27(29,30)20-2-1-17(18(6-20)11-31)5-16-7-24(8-16)12-35(13-24)23(37)36-14-25(15-36)9-19(10-25)21-32-22(34-33-21)26(38)3-4-26/h1-2,6,16,19,38H,3-5,7-10,12-15H2,(H,32,33,34). The summed E-state index contributed by atoms with van der Waals surface area (Å²) in [4.78, 5) is 20.0. The summed E-state index contributed by atoms with van der Waals surface area (Å²) >= 11 is 0. The number of aromatic amines is 1. The highest BCUT2D eigenvalue weighted by Crippen LogP contribution is 2.57. The van der Waals surface area contributed by atoms with Crippen LogP contribution in [0.2, 0.25) is 0 Å². The van der Waals surface area contributed by atoms with Gasteiger partial charge in [-0.3, -0.25) is 0 Å². The molecule has 11 heteroatoms. The van der Waals surface area contributed by atoms with Crippen LogP contribution < -0.4 is 0 Å². The van der Waals surface area contributed by atoms with Crippen LogP contribution in [-0.4, -0.2) is 62.3 Å². The fourth-order valence-electron chi connectivity index (χ4n) is 7.37. The van der Waals surface area contributed by atoms with Crippen molar-refractivity contribution in [2.45, 2.75) is 62.6 Å². The molecule has 2 N–H and O–H groups in total. The van der Waals surface area contributed by atoms with Gasteiger partial charge in [0, 0.05) is 42.9 Å². The van der Waals surface area contributed by atoms with Gasteiger partial charge in [0.05, 0.1) is 17.2 Å². The van der Waals surface area contributed by atoms with Gasteiger partial charge in [-0.1, -0.05) is 6.07 Å². The number of carbonyl (C=O) groups excluding carboxylic acids is 1. The van der Waals surface area contributed by atoms with Crippen LogP contribution in [0.15, 0.2) is 18.2 Å². The predicted octanol–water partition coefficient (Wildman–Crippen LogP) is 3.93. The molecule has 0 radical (unpaired) electrons. The average Bonchev–Trinajstić information content (AvgIpc) is 3.32. The van der Waals surface area contributed by atoms with Gasteiger partial charge in [-0.05, 0) is 68.6 Å². The fourth-order valence-corrected chi connectivity index (χ4v) is 7.37. The average molecular weight is 527 g/mol. The van der Waals surface area contributed by atoms with E-state index >= 15 is 0 Å². The molecule has 1 aromatic carbocycles. The molecule has 2 aliphatic heterocycles. The maximum Gasteiger partial charge on any atom is 0.416 e. The molecular weight excluding hydrogens is 497 g/mol. The highest BCUT2D eigenvalue weighted by atomic mass is 19.4. The van der Waals surface area contributed by atoms with Crippen LogP contribution in [0.1, 0.15) is 72.8 Å². The Morgan fingerprint density at radius 2 is 1.71 bits per heavy atom. The fraction of sp³-hybridized carbons (Fsp3) is 0.630. The summed E-state index contributed by atoms with van der Waals surface area (Å²) < 4.78 is 38.9. The minimum absolute atomic E-state index is 0.0973. The lowest BCUT2D eigenvalue weighted by molar-refractivity contribution is -0.137. The van der Waals surface area contributed by atoms with Crippen LogP contribution in [-0.2, 0) is 18.2 Å². The number of nitrogens with zero attached hydrogens (tertiary/aromatic N) is 5. The molecule has 5 fully saturated rings. The SMILES string of the molecule is N#Cc1cc(C(F)(F)F)ccc1CC1CC2(C1)CN(C(=O)N1CC3(CC(c4nnc(C5(O)CC5)[nH]4)C3)C1)C2. The summed E-state index contributed by atoms with van der Waals surface area (Å²) in [5.41, 5.74) is -0.528. The monoisotopic (exact) mass is 526 g/mol. The van der Waals surface area contributed by atoms with Gasteiger partial charge in [-0.25, -0.2) is 4.79 Å². The van der Waals surface area contributed by atoms with E-state index in [0.717, 1.165) is 82.7 Å². The molecule has 3 saturated carbocycles. The third-order valence-corrected chi connectivity index (χ3v) is 9.57. The molecule has 3 heterocycles. The highest BCUT2D eigenvalue weighted by Gasteiger charge is 2.59. The van der Waals surface area contributed by atoms with Gasteiger partial charge >= 0.3 is 12.2 Å². The van der Waals surface area contributed by atoms with E-state index < -0.39 is 17.3 Å². The molecule has 38 heavy (non-hydrogen) atoms. The second kappa shape index (κ2) is 7.72. The molecule has 2 amide bonds. The van der Waals surface area contributed by atoms with Crippen molar-refractivity contribution in [3.8, 4) is 6.07 Å². The first kappa shape index (κ1) is 23.9. The van der Waals surface area contributed by atoms with Crippen molar-refractivity contribution >= 4 is 6.03 Å². The molecular formula is C27H29F3N6O2. The number of hydrogen-bond donors (Lipinski definition) is 2. The van der Waals surface area contributed by atoms with E-state index in [9.17, 15) is 28.3 Å². The molecule has 0 atom stereocenters. The first-order valence-electron chi connectivity index (χ1n) is 13.3. The topological polar surface area (TPSA) is 109 Å². The van der Waals surface area contributed by atoms with Crippen LogP contribution >= 0.6 is 0 Å². The summed E-state index contributed by atoms with van der Waals surface area (Å²) in [5, 5.41) is 27.9. The van der Waals surface area contributed by atoms with E-state index in [2.05, 4.69) is 15.2 Å². The van der Waals surface area contributed by atoms with Gasteiger partial charge in [0.2, 0.25) is 0 Å². The number of rotatable bonds is 4. The van der Waals surface area contributed by atoms with Crippen LogP contribution in [0.4, 0.5) is 18.0 Å². The molecule has 1 aromatic heterocycles. The number of aromatic nitrogens is 3. The van der Waals surface area contributed by atoms with Crippen LogP contribution in [0.3, 0.4) is 0 Å². The minimum atomic E-state index is -4.45. The number of hydrogen-bond acceptors (Lipinski definition) is 5. The van der Waals surface area contributed by atoms with E-state index in [1.165, 1.54) is 6.07 Å². The lowest BCUT2D eigenvalue weighted by Gasteiger charge is -2.63. The Hall–Kier alpha value is -3.13. The number of halogens is 3. The zero-order chi connectivity index (χ0) is 26.5. The van der Waals surface area contributed by atoms with Crippen molar-refractivity contribution in [2.24, 2.45) is 16.7 Å². The maximum absolute atomic E-state index is 13.0. The second-order valence-electron chi connectivity index (χ2n) is 12.7. The third kappa shape index (κ3) is 3.79. The molecule has 5 aliphatic rings. The number of likely N-dealkylation sites (tertiary alicyclic amines) is 2. The number of amides is 2. The molecule has 2 spiro atoms. The zero-order valence-corrected chi connectivity index (χ0v) is 20.9. The molecule has 7 rings (SSSR count). The quantitative estimate of drug-likeness (QED) is 0.628. The van der Waals surface area contributed by atoms with Crippen LogP contribution in [0.25, 0.3) is 0 Å². The van der Waals surface area contributed by atoms with Crippen molar-refractivity contribution in [1.29, 1.82) is 5.26 Å². The lowest BCUT2D eigenvalue weighted by Crippen LogP contribution is -2.71. The van der Waals surface area contributed by atoms with E-state index in [4.69, 9.17) is 0 Å². The summed E-state index contributed by atoms with van der Waals surface area (Å²) in [6.07, 6.45) is 1.42. The Morgan fingerprint density at radius 1 is 1.08 bits per heavy atom. The molecule has 0 bridgehead atoms. The Bertz CT molecular complexity index is 1330. The Labute approximate surface area is 217 Å². The van der Waals surface area contributed by atoms with Crippen molar-refractivity contribution in [1.82, 2.24) is 25.0 Å². The minimum Gasteiger partial charge on any atom is -0.382 e. The predicted molar refractivity (Wildman–Crippen MR) is 127 cm³/mol. The van der Waals surface area contributed by atoms with Gasteiger partial charge < -0.3 is 19.9 Å². The highest BCUT2D eigenvalue weighted by molar-refractivity contribution is 5.77. The van der Waals surface area contributed by atoms with Crippen molar-refractivity contribution in [3.05, 3.63) is 46.5 Å². The van der Waals surface area contributed by atoms with Gasteiger partial charge in [-0.2, -0.15) is 18.4 Å². The lowest BCUT2D eigenvalue weighted by atomic mass is 9.56. The van der Waals surface area contributed by atoms with E-state index in [1.807, 2.05) is 15.9 Å². The zero-order valence-electron chi connectivity index (χ0n) is 20.9. The second-order valence-corrected chi connectivity index (χ2v) is 12.7. The number of benzene rings is 1. The van der Waals surface area contributed by atoms with Crippen LogP contribution in [0, 0.1) is 28.1 Å². The number of H-pyrrole nitrogens is 1. The molecule has 2 aromatic rings. The smallest absolute Gasteiger partial charge is 0.382 e. The first-order valence-corrected chi connectivity index (χ1v) is 13.3. The number of nitrogens with one attached hydrogen (secondary N) is 1. The number of aliphatic hydroxyl groups is 1.